The Labute approximate surface area is 130 Å². The minimum Gasteiger partial charge on any atom is -0.379 e. The number of carbonyl (C=O) groups excluding carboxylic acids is 1. The predicted molar refractivity (Wildman–Crippen MR) is 85.4 cm³/mol. The minimum absolute atomic E-state index is 0.0611. The summed E-state index contributed by atoms with van der Waals surface area (Å²) in [5, 5.41) is 3.05. The highest BCUT2D eigenvalue weighted by atomic mass is 32.2. The lowest BCUT2D eigenvalue weighted by atomic mass is 10.1. The quantitative estimate of drug-likeness (QED) is 0.770. The van der Waals surface area contributed by atoms with Gasteiger partial charge >= 0.3 is 0 Å². The van der Waals surface area contributed by atoms with Crippen molar-refractivity contribution < 1.29 is 9.53 Å². The van der Waals surface area contributed by atoms with Crippen molar-refractivity contribution >= 4 is 17.7 Å². The zero-order valence-electron chi connectivity index (χ0n) is 12.5. The van der Waals surface area contributed by atoms with Crippen LogP contribution in [0.3, 0.4) is 0 Å². The molecule has 0 spiro atoms. The van der Waals surface area contributed by atoms with Crippen molar-refractivity contribution in [3.05, 3.63) is 30.1 Å². The molecule has 6 heteroatoms. The van der Waals surface area contributed by atoms with Gasteiger partial charge in [-0.15, -0.1) is 0 Å². The summed E-state index contributed by atoms with van der Waals surface area (Å²) in [4.78, 5) is 18.9. The molecule has 1 aliphatic rings. The SMILES string of the molecule is CSCCCNC(=O)C(c1cccnc1)N1CCOCC1. The first kappa shape index (κ1) is 16.3. The summed E-state index contributed by atoms with van der Waals surface area (Å²) in [7, 11) is 0. The Balaban J connectivity index is 2.02. The van der Waals surface area contributed by atoms with E-state index in [-0.39, 0.29) is 11.9 Å². The van der Waals surface area contributed by atoms with Crippen LogP contribution >= 0.6 is 11.8 Å². The van der Waals surface area contributed by atoms with Gasteiger partial charge in [0.25, 0.3) is 0 Å². The molecule has 1 saturated heterocycles. The number of hydrogen-bond donors (Lipinski definition) is 1. The molecule has 2 rings (SSSR count). The Bertz CT molecular complexity index is 424. The van der Waals surface area contributed by atoms with Crippen molar-refractivity contribution in [3.63, 3.8) is 0 Å². The van der Waals surface area contributed by atoms with E-state index in [9.17, 15) is 4.79 Å². The van der Waals surface area contributed by atoms with Gasteiger partial charge in [-0.1, -0.05) is 6.07 Å². The highest BCUT2D eigenvalue weighted by Crippen LogP contribution is 2.21. The summed E-state index contributed by atoms with van der Waals surface area (Å²) >= 11 is 1.80. The van der Waals surface area contributed by atoms with Crippen molar-refractivity contribution in [1.29, 1.82) is 0 Å². The van der Waals surface area contributed by atoms with E-state index in [0.29, 0.717) is 13.2 Å². The molecule has 0 radical (unpaired) electrons. The molecule has 1 aromatic rings. The van der Waals surface area contributed by atoms with Crippen molar-refractivity contribution in [1.82, 2.24) is 15.2 Å². The molecule has 1 unspecified atom stereocenters. The van der Waals surface area contributed by atoms with Gasteiger partial charge in [0.1, 0.15) is 6.04 Å². The Morgan fingerprint density at radius 3 is 3.00 bits per heavy atom. The van der Waals surface area contributed by atoms with Crippen molar-refractivity contribution in [2.24, 2.45) is 0 Å². The fourth-order valence-corrected chi connectivity index (χ4v) is 2.86. The standard InChI is InChI=1S/C15H23N3O2S/c1-21-11-3-6-17-15(19)14(13-4-2-5-16-12-13)18-7-9-20-10-8-18/h2,4-5,12,14H,3,6-11H2,1H3,(H,17,19). The second-order valence-electron chi connectivity index (χ2n) is 4.97. The van der Waals surface area contributed by atoms with Crippen LogP contribution in [-0.4, -0.2) is 60.6 Å². The smallest absolute Gasteiger partial charge is 0.242 e. The number of amides is 1. The highest BCUT2D eigenvalue weighted by Gasteiger charge is 2.28. The molecule has 21 heavy (non-hydrogen) atoms. The molecule has 0 saturated carbocycles. The van der Waals surface area contributed by atoms with Gasteiger partial charge in [-0.2, -0.15) is 11.8 Å². The summed E-state index contributed by atoms with van der Waals surface area (Å²) in [6, 6.07) is 3.58. The number of rotatable bonds is 7. The van der Waals surface area contributed by atoms with Gasteiger partial charge in [-0.05, 0) is 30.1 Å². The highest BCUT2D eigenvalue weighted by molar-refractivity contribution is 7.98. The Kier molecular flexibility index (Phi) is 6.99. The maximum absolute atomic E-state index is 12.6. The van der Waals surface area contributed by atoms with Gasteiger partial charge in [-0.25, -0.2) is 0 Å². The normalized spacial score (nSPS) is 17.4. The van der Waals surface area contributed by atoms with Gasteiger partial charge < -0.3 is 10.1 Å². The number of thioether (sulfide) groups is 1. The average molecular weight is 309 g/mol. The van der Waals surface area contributed by atoms with Gasteiger partial charge in [0.05, 0.1) is 13.2 Å². The van der Waals surface area contributed by atoms with Crippen LogP contribution in [0.2, 0.25) is 0 Å². The average Bonchev–Trinajstić information content (AvgIpc) is 2.54. The minimum atomic E-state index is -0.267. The number of ether oxygens (including phenoxy) is 1. The van der Waals surface area contributed by atoms with E-state index in [1.165, 1.54) is 0 Å². The molecule has 1 aliphatic heterocycles. The fourth-order valence-electron chi connectivity index (χ4n) is 2.43. The molecule has 2 heterocycles. The van der Waals surface area contributed by atoms with Crippen LogP contribution < -0.4 is 5.32 Å². The summed E-state index contributed by atoms with van der Waals surface area (Å²) in [6.45, 7) is 3.63. The molecule has 0 bridgehead atoms. The lowest BCUT2D eigenvalue weighted by Crippen LogP contribution is -2.46. The van der Waals surface area contributed by atoms with Crippen LogP contribution in [0.4, 0.5) is 0 Å². The van der Waals surface area contributed by atoms with E-state index in [2.05, 4.69) is 21.5 Å². The van der Waals surface area contributed by atoms with E-state index in [1.807, 2.05) is 12.1 Å². The molecule has 116 valence electrons. The zero-order valence-corrected chi connectivity index (χ0v) is 13.3. The molecule has 1 aromatic heterocycles. The van der Waals surface area contributed by atoms with E-state index < -0.39 is 0 Å². The lowest BCUT2D eigenvalue weighted by Gasteiger charge is -2.33. The summed E-state index contributed by atoms with van der Waals surface area (Å²) in [5.41, 5.74) is 0.946. The van der Waals surface area contributed by atoms with E-state index >= 15 is 0 Å². The van der Waals surface area contributed by atoms with Crippen LogP contribution in [0.25, 0.3) is 0 Å². The number of aromatic nitrogens is 1. The van der Waals surface area contributed by atoms with E-state index in [1.54, 1.807) is 24.2 Å². The van der Waals surface area contributed by atoms with Crippen molar-refractivity contribution in [2.45, 2.75) is 12.5 Å². The molecule has 1 amide bonds. The fraction of sp³-hybridized carbons (Fsp3) is 0.600. The van der Waals surface area contributed by atoms with Gasteiger partial charge in [0.15, 0.2) is 0 Å². The molecule has 1 fully saturated rings. The monoisotopic (exact) mass is 309 g/mol. The number of pyridine rings is 1. The molecule has 0 aromatic carbocycles. The van der Waals surface area contributed by atoms with Gasteiger partial charge in [-0.3, -0.25) is 14.7 Å². The molecule has 1 atom stereocenters. The number of hydrogen-bond acceptors (Lipinski definition) is 5. The third-order valence-electron chi connectivity index (χ3n) is 3.48. The van der Waals surface area contributed by atoms with E-state index in [4.69, 9.17) is 4.74 Å². The molecular formula is C15H23N3O2S. The molecular weight excluding hydrogens is 286 g/mol. The maximum atomic E-state index is 12.6. The predicted octanol–water partition coefficient (Wildman–Crippen LogP) is 1.32. The van der Waals surface area contributed by atoms with Crippen LogP contribution in [0, 0.1) is 0 Å². The Morgan fingerprint density at radius 2 is 2.33 bits per heavy atom. The first-order valence-corrected chi connectivity index (χ1v) is 8.70. The zero-order chi connectivity index (χ0) is 14.9. The van der Waals surface area contributed by atoms with E-state index in [0.717, 1.165) is 37.4 Å². The van der Waals surface area contributed by atoms with Crippen LogP contribution in [-0.2, 0) is 9.53 Å². The second-order valence-corrected chi connectivity index (χ2v) is 5.96. The first-order chi connectivity index (χ1) is 10.3. The summed E-state index contributed by atoms with van der Waals surface area (Å²) in [6.07, 6.45) is 6.58. The number of nitrogens with zero attached hydrogens (tertiary/aromatic N) is 2. The number of carbonyl (C=O) groups is 1. The molecule has 1 N–H and O–H groups in total. The third kappa shape index (κ3) is 4.98. The Morgan fingerprint density at radius 1 is 1.52 bits per heavy atom. The summed E-state index contributed by atoms with van der Waals surface area (Å²) < 4.78 is 5.39. The molecule has 5 nitrogen and oxygen atoms in total. The van der Waals surface area contributed by atoms with Gasteiger partial charge in [0.2, 0.25) is 5.91 Å². The Hall–Kier alpha value is -1.11. The van der Waals surface area contributed by atoms with Crippen LogP contribution in [0.5, 0.6) is 0 Å². The second kappa shape index (κ2) is 9.02. The topological polar surface area (TPSA) is 54.5 Å². The van der Waals surface area contributed by atoms with Gasteiger partial charge in [0, 0.05) is 32.0 Å². The lowest BCUT2D eigenvalue weighted by molar-refractivity contribution is -0.128. The van der Waals surface area contributed by atoms with Crippen molar-refractivity contribution in [3.8, 4) is 0 Å². The number of morpholine rings is 1. The third-order valence-corrected chi connectivity index (χ3v) is 4.18. The van der Waals surface area contributed by atoms with Crippen LogP contribution in [0.1, 0.15) is 18.0 Å². The largest absolute Gasteiger partial charge is 0.379 e. The maximum Gasteiger partial charge on any atom is 0.242 e. The summed E-state index contributed by atoms with van der Waals surface area (Å²) in [5.74, 6) is 1.13. The van der Waals surface area contributed by atoms with Crippen LogP contribution in [0.15, 0.2) is 24.5 Å². The van der Waals surface area contributed by atoms with Crippen molar-refractivity contribution in [2.75, 3.05) is 44.9 Å². The molecule has 0 aliphatic carbocycles. The number of nitrogens with one attached hydrogen (secondary N) is 1. The first-order valence-electron chi connectivity index (χ1n) is 7.31.